The van der Waals surface area contributed by atoms with Crippen LogP contribution >= 0.6 is 38.9 Å². The first-order valence-electron chi connectivity index (χ1n) is 5.62. The van der Waals surface area contributed by atoms with Gasteiger partial charge in [0.1, 0.15) is 0 Å². The van der Waals surface area contributed by atoms with Crippen LogP contribution in [0.1, 0.15) is 15.9 Å². The summed E-state index contributed by atoms with van der Waals surface area (Å²) in [4.78, 5) is 12.6. The number of halogens is 2. The van der Waals surface area contributed by atoms with E-state index in [0.717, 1.165) is 20.1 Å². The van der Waals surface area contributed by atoms with Gasteiger partial charge in [-0.1, -0.05) is 45.7 Å². The van der Waals surface area contributed by atoms with Crippen LogP contribution in [0, 0.1) is 0 Å². The first-order chi connectivity index (χ1) is 9.15. The van der Waals surface area contributed by atoms with Gasteiger partial charge in [-0.15, -0.1) is 11.3 Å². The van der Waals surface area contributed by atoms with E-state index in [1.165, 1.54) is 0 Å². The molecule has 0 atom stereocenters. The number of benzene rings is 2. The third-order valence-corrected chi connectivity index (χ3v) is 4.49. The maximum atomic E-state index is 12.6. The van der Waals surface area contributed by atoms with E-state index in [1.54, 1.807) is 29.5 Å². The van der Waals surface area contributed by atoms with Crippen molar-refractivity contribution in [1.82, 2.24) is 0 Å². The van der Waals surface area contributed by atoms with Gasteiger partial charge < -0.3 is 0 Å². The Hall–Kier alpha value is -1.16. The zero-order valence-electron chi connectivity index (χ0n) is 9.69. The summed E-state index contributed by atoms with van der Waals surface area (Å²) in [6.07, 6.45) is 0. The highest BCUT2D eigenvalue weighted by molar-refractivity contribution is 9.10. The van der Waals surface area contributed by atoms with Crippen molar-refractivity contribution in [2.24, 2.45) is 0 Å². The second-order valence-electron chi connectivity index (χ2n) is 4.13. The third kappa shape index (κ3) is 2.46. The summed E-state index contributed by atoms with van der Waals surface area (Å²) < 4.78 is 1.93. The zero-order valence-corrected chi connectivity index (χ0v) is 12.8. The number of hydrogen-bond acceptors (Lipinski definition) is 2. The van der Waals surface area contributed by atoms with Crippen LogP contribution in [0.4, 0.5) is 0 Å². The van der Waals surface area contributed by atoms with Crippen molar-refractivity contribution in [3.8, 4) is 0 Å². The summed E-state index contributed by atoms with van der Waals surface area (Å²) in [5.74, 6) is 0.000602. The second kappa shape index (κ2) is 5.08. The summed E-state index contributed by atoms with van der Waals surface area (Å²) in [7, 11) is 0. The Labute approximate surface area is 128 Å². The van der Waals surface area contributed by atoms with Gasteiger partial charge in [0.05, 0.1) is 0 Å². The number of fused-ring (bicyclic) bond motifs is 1. The van der Waals surface area contributed by atoms with Crippen molar-refractivity contribution in [2.75, 3.05) is 0 Å². The quantitative estimate of drug-likeness (QED) is 0.553. The Balaban J connectivity index is 2.13. The first kappa shape index (κ1) is 12.9. The Kier molecular flexibility index (Phi) is 3.44. The highest BCUT2D eigenvalue weighted by atomic mass is 79.9. The van der Waals surface area contributed by atoms with Crippen LogP contribution in [-0.2, 0) is 0 Å². The molecule has 0 saturated carbocycles. The lowest BCUT2D eigenvalue weighted by molar-refractivity contribution is 0.104. The van der Waals surface area contributed by atoms with Gasteiger partial charge in [0, 0.05) is 36.1 Å². The number of carbonyl (C=O) groups is 1. The molecule has 0 bridgehead atoms. The Morgan fingerprint density at radius 1 is 1.16 bits per heavy atom. The molecule has 0 aliphatic carbocycles. The molecule has 0 fully saturated rings. The van der Waals surface area contributed by atoms with Crippen LogP contribution in [0.2, 0.25) is 5.02 Å². The molecule has 1 nitrogen and oxygen atoms in total. The molecule has 0 N–H and O–H groups in total. The van der Waals surface area contributed by atoms with E-state index in [9.17, 15) is 4.79 Å². The summed E-state index contributed by atoms with van der Waals surface area (Å²) in [5.41, 5.74) is 1.33. The van der Waals surface area contributed by atoms with Gasteiger partial charge in [0.15, 0.2) is 5.78 Å². The van der Waals surface area contributed by atoms with Gasteiger partial charge in [-0.2, -0.15) is 0 Å². The molecule has 19 heavy (non-hydrogen) atoms. The smallest absolute Gasteiger partial charge is 0.194 e. The molecule has 2 aromatic carbocycles. The molecule has 0 radical (unpaired) electrons. The molecule has 1 aromatic heterocycles. The number of carbonyl (C=O) groups excluding carboxylic acids is 1. The highest BCUT2D eigenvalue weighted by Gasteiger charge is 2.15. The van der Waals surface area contributed by atoms with Crippen molar-refractivity contribution >= 4 is 54.7 Å². The molecule has 0 saturated heterocycles. The van der Waals surface area contributed by atoms with Crippen LogP contribution in [0.25, 0.3) is 10.1 Å². The number of thiophene rings is 1. The lowest BCUT2D eigenvalue weighted by atomic mass is 10.0. The summed E-state index contributed by atoms with van der Waals surface area (Å²) in [6, 6.07) is 13.2. The molecule has 0 spiro atoms. The maximum Gasteiger partial charge on any atom is 0.194 e. The molecule has 0 amide bonds. The fourth-order valence-electron chi connectivity index (χ4n) is 1.99. The monoisotopic (exact) mass is 350 g/mol. The molecule has 3 aromatic rings. The van der Waals surface area contributed by atoms with Crippen molar-refractivity contribution in [3.05, 3.63) is 68.5 Å². The van der Waals surface area contributed by atoms with E-state index in [4.69, 9.17) is 11.6 Å². The maximum absolute atomic E-state index is 12.6. The second-order valence-corrected chi connectivity index (χ2v) is 6.40. The molecule has 0 aliphatic rings. The minimum absolute atomic E-state index is 0.000602. The van der Waals surface area contributed by atoms with Crippen molar-refractivity contribution < 1.29 is 4.79 Å². The van der Waals surface area contributed by atoms with Crippen molar-refractivity contribution in [2.45, 2.75) is 0 Å². The van der Waals surface area contributed by atoms with E-state index in [2.05, 4.69) is 15.9 Å². The van der Waals surface area contributed by atoms with Crippen LogP contribution in [0.3, 0.4) is 0 Å². The van der Waals surface area contributed by atoms with Crippen molar-refractivity contribution in [1.29, 1.82) is 0 Å². The summed E-state index contributed by atoms with van der Waals surface area (Å²) >= 11 is 10.9. The summed E-state index contributed by atoms with van der Waals surface area (Å²) in [6.45, 7) is 0. The number of ketones is 1. The number of hydrogen-bond donors (Lipinski definition) is 0. The molecule has 0 aliphatic heterocycles. The predicted octanol–water partition coefficient (Wildman–Crippen LogP) is 5.55. The fraction of sp³-hybridized carbons (Fsp3) is 0. The average Bonchev–Trinajstić information content (AvgIpc) is 2.80. The molecule has 4 heteroatoms. The first-order valence-corrected chi connectivity index (χ1v) is 7.67. The van der Waals surface area contributed by atoms with Gasteiger partial charge >= 0.3 is 0 Å². The SMILES string of the molecule is O=C(c1cc(Cl)cc(Br)c1)c1csc2ccccc12. The normalized spacial score (nSPS) is 10.8. The van der Waals surface area contributed by atoms with Crippen LogP contribution in [0.5, 0.6) is 0 Å². The van der Waals surface area contributed by atoms with E-state index in [-0.39, 0.29) is 5.78 Å². The van der Waals surface area contributed by atoms with E-state index >= 15 is 0 Å². The van der Waals surface area contributed by atoms with Gasteiger partial charge in [-0.25, -0.2) is 0 Å². The van der Waals surface area contributed by atoms with Gasteiger partial charge in [0.2, 0.25) is 0 Å². The number of rotatable bonds is 2. The topological polar surface area (TPSA) is 17.1 Å². The van der Waals surface area contributed by atoms with Crippen LogP contribution in [-0.4, -0.2) is 5.78 Å². The zero-order chi connectivity index (χ0) is 13.4. The lowest BCUT2D eigenvalue weighted by Gasteiger charge is -2.02. The molecule has 3 rings (SSSR count). The predicted molar refractivity (Wildman–Crippen MR) is 84.4 cm³/mol. The Morgan fingerprint density at radius 3 is 2.74 bits per heavy atom. The van der Waals surface area contributed by atoms with Gasteiger partial charge in [0.25, 0.3) is 0 Å². The van der Waals surface area contributed by atoms with Gasteiger partial charge in [-0.3, -0.25) is 4.79 Å². The minimum atomic E-state index is 0.000602. The lowest BCUT2D eigenvalue weighted by Crippen LogP contribution is -2.00. The van der Waals surface area contributed by atoms with E-state index in [1.807, 2.05) is 29.6 Å². The Bertz CT molecular complexity index is 758. The average molecular weight is 352 g/mol. The largest absolute Gasteiger partial charge is 0.289 e. The summed E-state index contributed by atoms with van der Waals surface area (Å²) in [5, 5.41) is 3.45. The minimum Gasteiger partial charge on any atom is -0.289 e. The Morgan fingerprint density at radius 2 is 1.95 bits per heavy atom. The molecular formula is C15H8BrClOS. The van der Waals surface area contributed by atoms with Crippen molar-refractivity contribution in [3.63, 3.8) is 0 Å². The van der Waals surface area contributed by atoms with E-state index < -0.39 is 0 Å². The molecule has 1 heterocycles. The van der Waals surface area contributed by atoms with Crippen LogP contribution < -0.4 is 0 Å². The molecular weight excluding hydrogens is 344 g/mol. The third-order valence-electron chi connectivity index (χ3n) is 2.85. The van der Waals surface area contributed by atoms with E-state index in [0.29, 0.717) is 10.6 Å². The molecule has 0 unspecified atom stereocenters. The highest BCUT2D eigenvalue weighted by Crippen LogP contribution is 2.29. The fourth-order valence-corrected chi connectivity index (χ4v) is 3.80. The molecule has 94 valence electrons. The van der Waals surface area contributed by atoms with Gasteiger partial charge in [-0.05, 0) is 24.3 Å². The van der Waals surface area contributed by atoms with Crippen LogP contribution in [0.15, 0.2) is 52.3 Å². The standard InChI is InChI=1S/C15H8BrClOS/c16-10-5-9(6-11(17)7-10)15(18)13-8-19-14-4-2-1-3-12(13)14/h1-8H.